The molecule has 2 aromatic carbocycles. The Balaban J connectivity index is 1.91. The molecule has 1 heterocycles. The molecule has 0 unspecified atom stereocenters. The first-order valence-electron chi connectivity index (χ1n) is 7.73. The second-order valence-corrected chi connectivity index (χ2v) is 6.27. The number of rotatable bonds is 4. The Kier molecular flexibility index (Phi) is 4.51. The highest BCUT2D eigenvalue weighted by atomic mass is 35.5. The summed E-state index contributed by atoms with van der Waals surface area (Å²) in [6.45, 7) is 3.81. The molecule has 25 heavy (non-hydrogen) atoms. The second-order valence-electron chi connectivity index (χ2n) is 5.84. The van der Waals surface area contributed by atoms with Gasteiger partial charge in [-0.25, -0.2) is 4.90 Å². The number of hydrogen-bond donors (Lipinski definition) is 1. The van der Waals surface area contributed by atoms with Crippen molar-refractivity contribution in [2.24, 2.45) is 0 Å². The molecular weight excluding hydrogens is 342 g/mol. The average molecular weight is 358 g/mol. The fourth-order valence-corrected chi connectivity index (χ4v) is 2.70. The highest BCUT2D eigenvalue weighted by Gasteiger charge is 2.40. The van der Waals surface area contributed by atoms with E-state index in [1.165, 1.54) is 0 Å². The van der Waals surface area contributed by atoms with E-state index in [0.29, 0.717) is 22.0 Å². The van der Waals surface area contributed by atoms with Crippen molar-refractivity contribution in [1.82, 2.24) is 0 Å². The number of nitrogens with zero attached hydrogens (tertiary/aromatic N) is 1. The second kappa shape index (κ2) is 6.61. The number of hydrogen-bond acceptors (Lipinski definition) is 4. The molecule has 128 valence electrons. The fraction of sp³-hybridized carbons (Fsp3) is 0.158. The summed E-state index contributed by atoms with van der Waals surface area (Å²) in [6.07, 6.45) is 0.0168. The molecule has 0 saturated heterocycles. The summed E-state index contributed by atoms with van der Waals surface area (Å²) in [5.74, 6) is -1.28. The topological polar surface area (TPSA) is 66.8 Å². The first kappa shape index (κ1) is 17.0. The number of anilines is 1. The van der Waals surface area contributed by atoms with Crippen molar-refractivity contribution in [3.63, 3.8) is 0 Å². The van der Waals surface area contributed by atoms with Crippen LogP contribution in [0.4, 0.5) is 5.69 Å². The first-order valence-corrected chi connectivity index (χ1v) is 8.11. The molecule has 0 atom stereocenters. The molecule has 0 saturated carbocycles. The molecule has 0 spiro atoms. The van der Waals surface area contributed by atoms with Gasteiger partial charge >= 0.3 is 5.91 Å². The summed E-state index contributed by atoms with van der Waals surface area (Å²) in [7, 11) is 0. The highest BCUT2D eigenvalue weighted by Crippen LogP contribution is 2.33. The van der Waals surface area contributed by atoms with Crippen LogP contribution in [-0.4, -0.2) is 23.0 Å². The molecule has 1 aliphatic rings. The van der Waals surface area contributed by atoms with E-state index < -0.39 is 17.6 Å². The summed E-state index contributed by atoms with van der Waals surface area (Å²) in [5, 5.41) is 10.7. The lowest BCUT2D eigenvalue weighted by Crippen LogP contribution is -2.31. The molecule has 2 aromatic rings. The summed E-state index contributed by atoms with van der Waals surface area (Å²) in [6, 6.07) is 12.9. The summed E-state index contributed by atoms with van der Waals surface area (Å²) in [5.41, 5.74) is 0.758. The molecule has 0 radical (unpaired) electrons. The van der Waals surface area contributed by atoms with E-state index in [9.17, 15) is 14.7 Å². The molecular formula is C19H16ClNO4. The van der Waals surface area contributed by atoms with Crippen LogP contribution < -0.4 is 9.64 Å². The van der Waals surface area contributed by atoms with E-state index >= 15 is 0 Å². The summed E-state index contributed by atoms with van der Waals surface area (Å²) in [4.78, 5) is 26.0. The molecule has 0 fully saturated rings. The van der Waals surface area contributed by atoms with Gasteiger partial charge in [0.15, 0.2) is 5.76 Å². The highest BCUT2D eigenvalue weighted by molar-refractivity contribution is 6.45. The maximum absolute atomic E-state index is 12.7. The van der Waals surface area contributed by atoms with Crippen LogP contribution in [-0.2, 0) is 9.59 Å². The van der Waals surface area contributed by atoms with Crippen LogP contribution in [0.3, 0.4) is 0 Å². The third kappa shape index (κ3) is 3.23. The number of carbonyl (C=O) groups excluding carboxylic acids is 2. The monoisotopic (exact) mass is 357 g/mol. The van der Waals surface area contributed by atoms with Gasteiger partial charge in [-0.2, -0.15) is 0 Å². The number of benzene rings is 2. The van der Waals surface area contributed by atoms with Gasteiger partial charge in [0.2, 0.25) is 0 Å². The number of aliphatic hydroxyl groups is 1. The third-order valence-electron chi connectivity index (χ3n) is 3.66. The Morgan fingerprint density at radius 1 is 0.960 bits per heavy atom. The summed E-state index contributed by atoms with van der Waals surface area (Å²) < 4.78 is 5.55. The number of amides is 2. The van der Waals surface area contributed by atoms with Crippen LogP contribution in [0.25, 0.3) is 5.57 Å². The molecule has 5 nitrogen and oxygen atoms in total. The Morgan fingerprint density at radius 3 is 2.12 bits per heavy atom. The number of ether oxygens (including phenoxy) is 1. The predicted octanol–water partition coefficient (Wildman–Crippen LogP) is 3.97. The van der Waals surface area contributed by atoms with E-state index in [2.05, 4.69) is 0 Å². The molecule has 2 amide bonds. The van der Waals surface area contributed by atoms with Crippen molar-refractivity contribution in [2.75, 3.05) is 4.90 Å². The number of imide groups is 1. The van der Waals surface area contributed by atoms with Gasteiger partial charge in [-0.15, -0.1) is 0 Å². The minimum absolute atomic E-state index is 0.0168. The lowest BCUT2D eigenvalue weighted by Gasteiger charge is -2.16. The molecule has 1 aliphatic heterocycles. The van der Waals surface area contributed by atoms with Gasteiger partial charge < -0.3 is 9.84 Å². The molecule has 0 aliphatic carbocycles. The molecule has 1 N–H and O–H groups in total. The predicted molar refractivity (Wildman–Crippen MR) is 95.7 cm³/mol. The van der Waals surface area contributed by atoms with Crippen molar-refractivity contribution in [2.45, 2.75) is 20.0 Å². The first-order chi connectivity index (χ1) is 11.9. The van der Waals surface area contributed by atoms with Crippen LogP contribution in [0.5, 0.6) is 5.75 Å². The van der Waals surface area contributed by atoms with Crippen molar-refractivity contribution in [1.29, 1.82) is 0 Å². The van der Waals surface area contributed by atoms with Gasteiger partial charge in [0.25, 0.3) is 5.91 Å². The van der Waals surface area contributed by atoms with Gasteiger partial charge in [0, 0.05) is 5.02 Å². The van der Waals surface area contributed by atoms with E-state index in [1.54, 1.807) is 48.5 Å². The van der Waals surface area contributed by atoms with Crippen LogP contribution in [0.2, 0.25) is 5.02 Å². The largest absolute Gasteiger partial charge is 0.502 e. The zero-order valence-electron chi connectivity index (χ0n) is 13.7. The number of aliphatic hydroxyl groups excluding tert-OH is 1. The van der Waals surface area contributed by atoms with Gasteiger partial charge in [0.1, 0.15) is 5.75 Å². The fourth-order valence-electron chi connectivity index (χ4n) is 2.58. The average Bonchev–Trinajstić information content (AvgIpc) is 2.79. The minimum atomic E-state index is -0.757. The molecule has 3 rings (SSSR count). The maximum atomic E-state index is 12.7. The van der Waals surface area contributed by atoms with Crippen LogP contribution in [0, 0.1) is 0 Å². The lowest BCUT2D eigenvalue weighted by atomic mass is 10.1. The van der Waals surface area contributed by atoms with Gasteiger partial charge in [-0.05, 0) is 55.8 Å². The zero-order chi connectivity index (χ0) is 18.1. The van der Waals surface area contributed by atoms with Crippen molar-refractivity contribution in [3.05, 3.63) is 64.9 Å². The van der Waals surface area contributed by atoms with Crippen LogP contribution >= 0.6 is 11.6 Å². The molecule has 0 bridgehead atoms. The SMILES string of the molecule is CC(C)Oc1ccc(N2C(=O)C(O)=C(c3ccc(Cl)cc3)C2=O)cc1. The number of carbonyl (C=O) groups is 2. The van der Waals surface area contributed by atoms with E-state index in [-0.39, 0.29) is 11.7 Å². The van der Waals surface area contributed by atoms with Crippen molar-refractivity contribution < 1.29 is 19.4 Å². The molecule has 0 aromatic heterocycles. The van der Waals surface area contributed by atoms with Crippen LogP contribution in [0.1, 0.15) is 19.4 Å². The Labute approximate surface area is 150 Å². The minimum Gasteiger partial charge on any atom is -0.502 e. The standard InChI is InChI=1S/C19H16ClNO4/c1-11(2)25-15-9-7-14(8-10-15)21-18(23)16(17(22)19(21)24)12-3-5-13(20)6-4-12/h3-11,22H,1-2H3. The summed E-state index contributed by atoms with van der Waals surface area (Å²) >= 11 is 5.84. The Bertz CT molecular complexity index is 854. The van der Waals surface area contributed by atoms with Crippen LogP contribution in [0.15, 0.2) is 54.3 Å². The van der Waals surface area contributed by atoms with Gasteiger partial charge in [0.05, 0.1) is 17.4 Å². The Morgan fingerprint density at radius 2 is 1.56 bits per heavy atom. The zero-order valence-corrected chi connectivity index (χ0v) is 14.4. The maximum Gasteiger partial charge on any atom is 0.301 e. The quantitative estimate of drug-likeness (QED) is 0.841. The normalized spacial score (nSPS) is 14.6. The molecule has 6 heteroatoms. The van der Waals surface area contributed by atoms with Gasteiger partial charge in [-0.1, -0.05) is 23.7 Å². The van der Waals surface area contributed by atoms with E-state index in [4.69, 9.17) is 16.3 Å². The lowest BCUT2D eigenvalue weighted by molar-refractivity contribution is -0.121. The third-order valence-corrected chi connectivity index (χ3v) is 3.91. The van der Waals surface area contributed by atoms with Gasteiger partial charge in [-0.3, -0.25) is 9.59 Å². The smallest absolute Gasteiger partial charge is 0.301 e. The van der Waals surface area contributed by atoms with Crippen molar-refractivity contribution in [3.8, 4) is 5.75 Å². The van der Waals surface area contributed by atoms with E-state index in [0.717, 1.165) is 4.90 Å². The van der Waals surface area contributed by atoms with Crippen molar-refractivity contribution >= 4 is 34.7 Å². The van der Waals surface area contributed by atoms with E-state index in [1.807, 2.05) is 13.8 Å². The number of halogens is 1. The Hall–Kier alpha value is -2.79.